The Labute approximate surface area is 94.8 Å². The molecular weight excluding hydrogens is 200 g/mol. The van der Waals surface area contributed by atoms with Crippen LogP contribution in [0.5, 0.6) is 0 Å². The SMILES string of the molecule is CN(Cc1ccccc1)c1nccc(N)n1. The van der Waals surface area contributed by atoms with Crippen LogP contribution < -0.4 is 10.6 Å². The Balaban J connectivity index is 2.12. The molecule has 2 N–H and O–H groups in total. The van der Waals surface area contributed by atoms with Crippen molar-refractivity contribution < 1.29 is 0 Å². The van der Waals surface area contributed by atoms with Gasteiger partial charge >= 0.3 is 0 Å². The molecule has 4 nitrogen and oxygen atoms in total. The van der Waals surface area contributed by atoms with Crippen LogP contribution in [-0.4, -0.2) is 17.0 Å². The van der Waals surface area contributed by atoms with E-state index in [4.69, 9.17) is 5.73 Å². The highest BCUT2D eigenvalue weighted by Gasteiger charge is 2.04. The van der Waals surface area contributed by atoms with Gasteiger partial charge in [-0.05, 0) is 11.6 Å². The molecule has 82 valence electrons. The third-order valence-corrected chi connectivity index (χ3v) is 2.27. The van der Waals surface area contributed by atoms with Crippen molar-refractivity contribution in [2.45, 2.75) is 6.54 Å². The Morgan fingerprint density at radius 1 is 1.19 bits per heavy atom. The minimum absolute atomic E-state index is 0.491. The maximum absolute atomic E-state index is 5.61. The number of hydrogen-bond donors (Lipinski definition) is 1. The van der Waals surface area contributed by atoms with Gasteiger partial charge in [0.05, 0.1) is 0 Å². The fraction of sp³-hybridized carbons (Fsp3) is 0.167. The van der Waals surface area contributed by atoms with Crippen LogP contribution in [0.2, 0.25) is 0 Å². The molecular formula is C12H14N4. The van der Waals surface area contributed by atoms with Crippen molar-refractivity contribution in [2.75, 3.05) is 17.7 Å². The smallest absolute Gasteiger partial charge is 0.227 e. The number of anilines is 2. The third kappa shape index (κ3) is 2.48. The van der Waals surface area contributed by atoms with E-state index in [1.54, 1.807) is 12.3 Å². The highest BCUT2D eigenvalue weighted by atomic mass is 15.2. The average Bonchev–Trinajstić information content (AvgIpc) is 2.30. The van der Waals surface area contributed by atoms with Crippen molar-refractivity contribution in [1.82, 2.24) is 9.97 Å². The van der Waals surface area contributed by atoms with Crippen molar-refractivity contribution in [3.05, 3.63) is 48.2 Å². The van der Waals surface area contributed by atoms with Crippen molar-refractivity contribution >= 4 is 11.8 Å². The zero-order chi connectivity index (χ0) is 11.4. The molecule has 2 aromatic rings. The fourth-order valence-corrected chi connectivity index (χ4v) is 1.47. The van der Waals surface area contributed by atoms with E-state index in [1.807, 2.05) is 30.1 Å². The van der Waals surface area contributed by atoms with Gasteiger partial charge in [0.25, 0.3) is 0 Å². The largest absolute Gasteiger partial charge is 0.384 e. The number of rotatable bonds is 3. The summed E-state index contributed by atoms with van der Waals surface area (Å²) in [6, 6.07) is 11.9. The molecule has 0 unspecified atom stereocenters. The molecule has 0 spiro atoms. The molecule has 16 heavy (non-hydrogen) atoms. The van der Waals surface area contributed by atoms with Gasteiger partial charge in [0, 0.05) is 19.8 Å². The van der Waals surface area contributed by atoms with Gasteiger partial charge < -0.3 is 10.6 Å². The lowest BCUT2D eigenvalue weighted by Gasteiger charge is -2.16. The minimum atomic E-state index is 0.491. The zero-order valence-electron chi connectivity index (χ0n) is 9.17. The summed E-state index contributed by atoms with van der Waals surface area (Å²) in [6.07, 6.45) is 1.67. The van der Waals surface area contributed by atoms with Gasteiger partial charge in [-0.2, -0.15) is 4.98 Å². The van der Waals surface area contributed by atoms with Crippen molar-refractivity contribution in [3.63, 3.8) is 0 Å². The van der Waals surface area contributed by atoms with Gasteiger partial charge in [0.15, 0.2) is 0 Å². The highest BCUT2D eigenvalue weighted by Crippen LogP contribution is 2.10. The second-order valence-electron chi connectivity index (χ2n) is 3.62. The van der Waals surface area contributed by atoms with Gasteiger partial charge in [-0.25, -0.2) is 4.98 Å². The second-order valence-corrected chi connectivity index (χ2v) is 3.62. The summed E-state index contributed by atoms with van der Waals surface area (Å²) in [7, 11) is 1.95. The van der Waals surface area contributed by atoms with Crippen LogP contribution in [0.3, 0.4) is 0 Å². The van der Waals surface area contributed by atoms with Gasteiger partial charge in [-0.1, -0.05) is 30.3 Å². The number of nitrogens with two attached hydrogens (primary N) is 1. The normalized spacial score (nSPS) is 10.1. The molecule has 0 radical (unpaired) electrons. The predicted molar refractivity (Wildman–Crippen MR) is 65.0 cm³/mol. The number of nitrogen functional groups attached to an aromatic ring is 1. The van der Waals surface area contributed by atoms with Crippen LogP contribution in [0.4, 0.5) is 11.8 Å². The third-order valence-electron chi connectivity index (χ3n) is 2.27. The van der Waals surface area contributed by atoms with E-state index >= 15 is 0 Å². The molecule has 0 amide bonds. The Kier molecular flexibility index (Phi) is 3.00. The lowest BCUT2D eigenvalue weighted by molar-refractivity contribution is 0.868. The van der Waals surface area contributed by atoms with E-state index in [2.05, 4.69) is 22.1 Å². The van der Waals surface area contributed by atoms with E-state index in [1.165, 1.54) is 5.56 Å². The summed E-state index contributed by atoms with van der Waals surface area (Å²) < 4.78 is 0. The second kappa shape index (κ2) is 4.61. The summed E-state index contributed by atoms with van der Waals surface area (Å²) in [5.74, 6) is 1.13. The zero-order valence-corrected chi connectivity index (χ0v) is 9.17. The molecule has 1 aromatic carbocycles. The van der Waals surface area contributed by atoms with E-state index in [0.29, 0.717) is 11.8 Å². The number of nitrogens with zero attached hydrogens (tertiary/aromatic N) is 3. The van der Waals surface area contributed by atoms with Crippen molar-refractivity contribution in [3.8, 4) is 0 Å². The molecule has 0 fully saturated rings. The molecule has 0 aliphatic rings. The molecule has 2 rings (SSSR count). The van der Waals surface area contributed by atoms with Crippen LogP contribution in [0.1, 0.15) is 5.56 Å². The lowest BCUT2D eigenvalue weighted by Crippen LogP contribution is -2.19. The van der Waals surface area contributed by atoms with Gasteiger partial charge in [-0.3, -0.25) is 0 Å². The Morgan fingerprint density at radius 2 is 1.94 bits per heavy atom. The Hall–Kier alpha value is -2.10. The summed E-state index contributed by atoms with van der Waals surface area (Å²) in [5, 5.41) is 0. The van der Waals surface area contributed by atoms with Crippen LogP contribution in [0.25, 0.3) is 0 Å². The molecule has 0 aliphatic carbocycles. The summed E-state index contributed by atoms with van der Waals surface area (Å²) in [4.78, 5) is 10.3. The fourth-order valence-electron chi connectivity index (χ4n) is 1.47. The van der Waals surface area contributed by atoms with E-state index in [9.17, 15) is 0 Å². The van der Waals surface area contributed by atoms with Crippen molar-refractivity contribution in [2.24, 2.45) is 0 Å². The van der Waals surface area contributed by atoms with Crippen LogP contribution in [0.15, 0.2) is 42.6 Å². The standard InChI is InChI=1S/C12H14N4/c1-16(9-10-5-3-2-4-6-10)12-14-8-7-11(13)15-12/h2-8H,9H2,1H3,(H2,13,14,15). The quantitative estimate of drug-likeness (QED) is 0.844. The van der Waals surface area contributed by atoms with Gasteiger partial charge in [0.1, 0.15) is 5.82 Å². The first-order chi connectivity index (χ1) is 7.75. The first-order valence-electron chi connectivity index (χ1n) is 5.09. The number of aromatic nitrogens is 2. The predicted octanol–water partition coefficient (Wildman–Crippen LogP) is 1.70. The molecule has 1 aromatic heterocycles. The van der Waals surface area contributed by atoms with Crippen LogP contribution in [0, 0.1) is 0 Å². The molecule has 0 aliphatic heterocycles. The monoisotopic (exact) mass is 214 g/mol. The first kappa shape index (κ1) is 10.4. The van der Waals surface area contributed by atoms with E-state index in [0.717, 1.165) is 6.54 Å². The van der Waals surface area contributed by atoms with Gasteiger partial charge in [-0.15, -0.1) is 0 Å². The summed E-state index contributed by atoms with van der Waals surface area (Å²) in [5.41, 5.74) is 6.83. The molecule has 0 bridgehead atoms. The lowest BCUT2D eigenvalue weighted by atomic mass is 10.2. The maximum atomic E-state index is 5.61. The molecule has 1 heterocycles. The molecule has 0 saturated carbocycles. The minimum Gasteiger partial charge on any atom is -0.384 e. The Morgan fingerprint density at radius 3 is 2.62 bits per heavy atom. The molecule has 0 atom stereocenters. The van der Waals surface area contributed by atoms with Crippen molar-refractivity contribution in [1.29, 1.82) is 0 Å². The summed E-state index contributed by atoms with van der Waals surface area (Å²) >= 11 is 0. The maximum Gasteiger partial charge on any atom is 0.227 e. The topological polar surface area (TPSA) is 55.0 Å². The number of benzene rings is 1. The van der Waals surface area contributed by atoms with E-state index in [-0.39, 0.29) is 0 Å². The summed E-state index contributed by atoms with van der Waals surface area (Å²) in [6.45, 7) is 0.768. The van der Waals surface area contributed by atoms with Gasteiger partial charge in [0.2, 0.25) is 5.95 Å². The molecule has 4 heteroatoms. The highest BCUT2D eigenvalue weighted by molar-refractivity contribution is 5.37. The van der Waals surface area contributed by atoms with Crippen LogP contribution in [-0.2, 0) is 6.54 Å². The van der Waals surface area contributed by atoms with Crippen LogP contribution >= 0.6 is 0 Å². The Bertz CT molecular complexity index is 456. The average molecular weight is 214 g/mol. The number of hydrogen-bond acceptors (Lipinski definition) is 4. The van der Waals surface area contributed by atoms with E-state index < -0.39 is 0 Å². The molecule has 0 saturated heterocycles. The first-order valence-corrected chi connectivity index (χ1v) is 5.09.